The average molecular weight is 314 g/mol. The standard InChI is InChI=1S/C14H22N2O6/c1-14(2,3)22-13(19)16-10(12(18)21-6)7-9(8-15-4)11(17)20-5/h9-10H,7-8H2,1-3,5-6H3,(H,16,19)/t9-,10-/m1/s1. The minimum absolute atomic E-state index is 0.110. The zero-order chi connectivity index (χ0) is 17.3. The van der Waals surface area contributed by atoms with Crippen molar-refractivity contribution in [1.29, 1.82) is 0 Å². The number of hydrogen-bond donors (Lipinski definition) is 1. The largest absolute Gasteiger partial charge is 0.469 e. The van der Waals surface area contributed by atoms with E-state index in [1.54, 1.807) is 20.8 Å². The lowest BCUT2D eigenvalue weighted by Gasteiger charge is -2.23. The van der Waals surface area contributed by atoms with Gasteiger partial charge in [0.15, 0.2) is 0 Å². The van der Waals surface area contributed by atoms with Gasteiger partial charge in [-0.25, -0.2) is 16.2 Å². The van der Waals surface area contributed by atoms with Crippen LogP contribution in [-0.4, -0.2) is 50.4 Å². The van der Waals surface area contributed by atoms with Crippen molar-refractivity contribution >= 4 is 18.0 Å². The molecule has 0 aliphatic carbocycles. The third-order valence-electron chi connectivity index (χ3n) is 2.54. The maximum Gasteiger partial charge on any atom is 0.408 e. The summed E-state index contributed by atoms with van der Waals surface area (Å²) < 4.78 is 14.2. The summed E-state index contributed by atoms with van der Waals surface area (Å²) in [6, 6.07) is -1.11. The summed E-state index contributed by atoms with van der Waals surface area (Å²) in [7, 11) is 2.35. The summed E-state index contributed by atoms with van der Waals surface area (Å²) in [5.74, 6) is -2.21. The van der Waals surface area contributed by atoms with E-state index in [1.807, 2.05) is 0 Å². The first kappa shape index (κ1) is 19.7. The number of methoxy groups -OCH3 is 2. The second-order valence-electron chi connectivity index (χ2n) is 5.52. The van der Waals surface area contributed by atoms with Crippen LogP contribution in [0.25, 0.3) is 4.85 Å². The van der Waals surface area contributed by atoms with Gasteiger partial charge in [0.1, 0.15) is 17.6 Å². The highest BCUT2D eigenvalue weighted by atomic mass is 16.6. The van der Waals surface area contributed by atoms with E-state index < -0.39 is 35.6 Å². The molecule has 0 aromatic rings. The highest BCUT2D eigenvalue weighted by molar-refractivity contribution is 5.82. The fraction of sp³-hybridized carbons (Fsp3) is 0.714. The van der Waals surface area contributed by atoms with Gasteiger partial charge in [-0.05, 0) is 27.2 Å². The fourth-order valence-electron chi connectivity index (χ4n) is 1.61. The van der Waals surface area contributed by atoms with Crippen molar-refractivity contribution in [3.8, 4) is 0 Å². The van der Waals surface area contributed by atoms with Crippen LogP contribution in [0, 0.1) is 12.5 Å². The number of hydrogen-bond acceptors (Lipinski definition) is 6. The van der Waals surface area contributed by atoms with E-state index in [0.29, 0.717) is 0 Å². The van der Waals surface area contributed by atoms with E-state index in [4.69, 9.17) is 11.3 Å². The van der Waals surface area contributed by atoms with Crippen molar-refractivity contribution in [3.63, 3.8) is 0 Å². The lowest BCUT2D eigenvalue weighted by Crippen LogP contribution is -2.46. The van der Waals surface area contributed by atoms with Crippen LogP contribution in [0.3, 0.4) is 0 Å². The average Bonchev–Trinajstić information content (AvgIpc) is 2.42. The van der Waals surface area contributed by atoms with Gasteiger partial charge < -0.3 is 24.4 Å². The van der Waals surface area contributed by atoms with Gasteiger partial charge in [0.2, 0.25) is 6.54 Å². The zero-order valence-electron chi connectivity index (χ0n) is 13.5. The highest BCUT2D eigenvalue weighted by Gasteiger charge is 2.32. The van der Waals surface area contributed by atoms with Gasteiger partial charge in [-0.3, -0.25) is 4.79 Å². The number of nitrogens with zero attached hydrogens (tertiary/aromatic N) is 1. The molecule has 8 heteroatoms. The van der Waals surface area contributed by atoms with Crippen molar-refractivity contribution in [2.45, 2.75) is 38.8 Å². The topological polar surface area (TPSA) is 95.3 Å². The van der Waals surface area contributed by atoms with Gasteiger partial charge in [-0.15, -0.1) is 0 Å². The summed E-state index contributed by atoms with van der Waals surface area (Å²) >= 11 is 0. The monoisotopic (exact) mass is 314 g/mol. The summed E-state index contributed by atoms with van der Waals surface area (Å²) in [6.45, 7) is 11.7. The first-order valence-electron chi connectivity index (χ1n) is 6.63. The molecular formula is C14H22N2O6. The van der Waals surface area contributed by atoms with Crippen molar-refractivity contribution < 1.29 is 28.6 Å². The third kappa shape index (κ3) is 7.47. The van der Waals surface area contributed by atoms with Gasteiger partial charge in [0, 0.05) is 0 Å². The molecule has 0 saturated heterocycles. The first-order valence-corrected chi connectivity index (χ1v) is 6.63. The fourth-order valence-corrected chi connectivity index (χ4v) is 1.61. The molecule has 0 aromatic carbocycles. The Morgan fingerprint density at radius 2 is 1.68 bits per heavy atom. The normalized spacial score (nSPS) is 13.3. The van der Waals surface area contributed by atoms with Crippen molar-refractivity contribution in [2.75, 3.05) is 20.8 Å². The predicted molar refractivity (Wildman–Crippen MR) is 76.8 cm³/mol. The minimum atomic E-state index is -1.11. The maximum atomic E-state index is 11.8. The van der Waals surface area contributed by atoms with Crippen molar-refractivity contribution in [1.82, 2.24) is 5.32 Å². The Balaban J connectivity index is 4.98. The SMILES string of the molecule is [C-]#[N+]C[C@@H](C[C@@H](NC(=O)OC(C)(C)C)C(=O)OC)C(=O)OC. The number of esters is 2. The second kappa shape index (κ2) is 8.87. The number of alkyl carbamates (subject to hydrolysis) is 1. The molecule has 124 valence electrons. The smallest absolute Gasteiger partial charge is 0.408 e. The van der Waals surface area contributed by atoms with Crippen molar-refractivity contribution in [2.24, 2.45) is 5.92 Å². The number of nitrogens with one attached hydrogen (secondary N) is 1. The van der Waals surface area contributed by atoms with Gasteiger partial charge in [0.05, 0.1) is 14.2 Å². The molecule has 0 bridgehead atoms. The Hall–Kier alpha value is -2.30. The Labute approximate surface area is 129 Å². The first-order chi connectivity index (χ1) is 10.1. The maximum absolute atomic E-state index is 11.8. The number of amides is 1. The van der Waals surface area contributed by atoms with E-state index in [1.165, 1.54) is 7.11 Å². The van der Waals surface area contributed by atoms with E-state index in [-0.39, 0.29) is 13.0 Å². The molecule has 1 N–H and O–H groups in total. The summed E-state index contributed by atoms with van der Waals surface area (Å²) in [6.07, 6.45) is -0.921. The lowest BCUT2D eigenvalue weighted by molar-refractivity contribution is -0.147. The molecule has 22 heavy (non-hydrogen) atoms. The van der Waals surface area contributed by atoms with Gasteiger partial charge in [-0.2, -0.15) is 0 Å². The van der Waals surface area contributed by atoms with E-state index in [0.717, 1.165) is 7.11 Å². The third-order valence-corrected chi connectivity index (χ3v) is 2.54. The van der Waals surface area contributed by atoms with Crippen LogP contribution in [0.15, 0.2) is 0 Å². The Kier molecular flexibility index (Phi) is 7.94. The molecule has 0 saturated carbocycles. The molecule has 2 atom stereocenters. The lowest BCUT2D eigenvalue weighted by atomic mass is 10.00. The molecule has 0 unspecified atom stereocenters. The molecule has 0 rings (SSSR count). The summed E-state index contributed by atoms with van der Waals surface area (Å²) in [5, 5.41) is 2.35. The molecule has 0 aromatic heterocycles. The molecule has 0 radical (unpaired) electrons. The van der Waals surface area contributed by atoms with Crippen LogP contribution in [0.5, 0.6) is 0 Å². The Morgan fingerprint density at radius 1 is 1.14 bits per heavy atom. The van der Waals surface area contributed by atoms with Gasteiger partial charge in [-0.1, -0.05) is 0 Å². The molecule has 0 aliphatic heterocycles. The molecule has 0 spiro atoms. The number of carbonyl (C=O) groups is 3. The summed E-state index contributed by atoms with van der Waals surface area (Å²) in [5.41, 5.74) is -0.733. The van der Waals surface area contributed by atoms with Crippen molar-refractivity contribution in [3.05, 3.63) is 11.4 Å². The highest BCUT2D eigenvalue weighted by Crippen LogP contribution is 2.13. The van der Waals surface area contributed by atoms with Crippen LogP contribution in [0.4, 0.5) is 4.79 Å². The molecular weight excluding hydrogens is 292 g/mol. The van der Waals surface area contributed by atoms with Crippen LogP contribution in [-0.2, 0) is 23.8 Å². The van der Waals surface area contributed by atoms with Crippen LogP contribution < -0.4 is 5.32 Å². The number of carbonyl (C=O) groups excluding carboxylic acids is 3. The minimum Gasteiger partial charge on any atom is -0.469 e. The van der Waals surface area contributed by atoms with E-state index in [9.17, 15) is 14.4 Å². The van der Waals surface area contributed by atoms with Gasteiger partial charge >= 0.3 is 18.0 Å². The van der Waals surface area contributed by atoms with Crippen LogP contribution in [0.1, 0.15) is 27.2 Å². The second-order valence-corrected chi connectivity index (χ2v) is 5.52. The van der Waals surface area contributed by atoms with E-state index >= 15 is 0 Å². The quantitative estimate of drug-likeness (QED) is 0.449. The summed E-state index contributed by atoms with van der Waals surface area (Å²) in [4.78, 5) is 38.2. The molecule has 8 nitrogen and oxygen atoms in total. The molecule has 0 heterocycles. The Morgan fingerprint density at radius 3 is 2.09 bits per heavy atom. The van der Waals surface area contributed by atoms with E-state index in [2.05, 4.69) is 19.6 Å². The van der Waals surface area contributed by atoms with Gasteiger partial charge in [0.25, 0.3) is 0 Å². The zero-order valence-corrected chi connectivity index (χ0v) is 13.5. The van der Waals surface area contributed by atoms with Crippen LogP contribution >= 0.6 is 0 Å². The number of ether oxygens (including phenoxy) is 3. The van der Waals surface area contributed by atoms with Crippen LogP contribution in [0.2, 0.25) is 0 Å². The number of rotatable bonds is 6. The molecule has 0 fully saturated rings. The molecule has 1 amide bonds. The molecule has 0 aliphatic rings. The predicted octanol–water partition coefficient (Wildman–Crippen LogP) is 1.15. The Bertz CT molecular complexity index is 449.